The summed E-state index contributed by atoms with van der Waals surface area (Å²) < 4.78 is 0. The summed E-state index contributed by atoms with van der Waals surface area (Å²) in [7, 11) is 2.10. The quantitative estimate of drug-likeness (QED) is 0.801. The van der Waals surface area contributed by atoms with Crippen LogP contribution < -0.4 is 5.32 Å². The lowest BCUT2D eigenvalue weighted by Crippen LogP contribution is -2.18. The molecular weight excluding hydrogens is 226 g/mol. The largest absolute Gasteiger partial charge is 0.313 e. The molecule has 0 radical (unpaired) electrons. The molecule has 17 heavy (non-hydrogen) atoms. The molecule has 96 valence electrons. The lowest BCUT2D eigenvalue weighted by atomic mass is 9.84. The maximum atomic E-state index is 3.49. The van der Waals surface area contributed by atoms with E-state index in [9.17, 15) is 0 Å². The van der Waals surface area contributed by atoms with E-state index < -0.39 is 0 Å². The molecule has 2 heteroatoms. The lowest BCUT2D eigenvalue weighted by molar-refractivity contribution is 0.317. The number of nitrogens with one attached hydrogen (secondary N) is 1. The second kappa shape index (κ2) is 6.55. The van der Waals surface area contributed by atoms with Gasteiger partial charge >= 0.3 is 0 Å². The average Bonchev–Trinajstić information content (AvgIpc) is 2.78. The smallest absolute Gasteiger partial charge is 0.0328 e. The second-order valence-electron chi connectivity index (χ2n) is 5.35. The van der Waals surface area contributed by atoms with Crippen molar-refractivity contribution in [3.05, 3.63) is 21.9 Å². The molecule has 0 aliphatic heterocycles. The Kier molecular flexibility index (Phi) is 5.05. The van der Waals surface area contributed by atoms with Crippen molar-refractivity contribution in [2.45, 2.75) is 57.9 Å². The molecule has 1 N–H and O–H groups in total. The van der Waals surface area contributed by atoms with Gasteiger partial charge in [-0.05, 0) is 49.7 Å². The van der Waals surface area contributed by atoms with Crippen molar-refractivity contribution < 1.29 is 0 Å². The fourth-order valence-corrected chi connectivity index (χ4v) is 3.85. The van der Waals surface area contributed by atoms with Crippen LogP contribution in [-0.4, -0.2) is 7.05 Å². The van der Waals surface area contributed by atoms with Gasteiger partial charge in [0, 0.05) is 10.9 Å². The first kappa shape index (κ1) is 13.1. The number of hydrogen-bond acceptors (Lipinski definition) is 2. The lowest BCUT2D eigenvalue weighted by Gasteiger charge is -2.24. The van der Waals surface area contributed by atoms with Crippen molar-refractivity contribution >= 4 is 11.3 Å². The summed E-state index contributed by atoms with van der Waals surface area (Å²) in [5.41, 5.74) is 1.52. The topological polar surface area (TPSA) is 12.0 Å². The summed E-state index contributed by atoms with van der Waals surface area (Å²) in [5.74, 6) is 0.999. The van der Waals surface area contributed by atoms with Gasteiger partial charge in [-0.15, -0.1) is 11.3 Å². The Balaban J connectivity index is 1.85. The molecule has 0 amide bonds. The van der Waals surface area contributed by atoms with Crippen LogP contribution in [-0.2, 0) is 0 Å². The number of hydrogen-bond donors (Lipinski definition) is 1. The van der Waals surface area contributed by atoms with Crippen molar-refractivity contribution in [3.63, 3.8) is 0 Å². The van der Waals surface area contributed by atoms with E-state index >= 15 is 0 Å². The third-order valence-corrected chi connectivity index (χ3v) is 5.07. The highest BCUT2D eigenvalue weighted by Crippen LogP contribution is 2.32. The maximum Gasteiger partial charge on any atom is 0.0328 e. The molecule has 2 rings (SSSR count). The highest BCUT2D eigenvalue weighted by atomic mass is 32.1. The molecule has 1 aliphatic carbocycles. The summed E-state index contributed by atoms with van der Waals surface area (Å²) >= 11 is 1.87. The summed E-state index contributed by atoms with van der Waals surface area (Å²) in [6.07, 6.45) is 10.0. The Labute approximate surface area is 110 Å². The molecule has 0 saturated heterocycles. The van der Waals surface area contributed by atoms with Gasteiger partial charge in [0.1, 0.15) is 0 Å². The zero-order valence-electron chi connectivity index (χ0n) is 11.2. The first-order valence-corrected chi connectivity index (χ1v) is 7.90. The normalized spacial score (nSPS) is 19.4. The van der Waals surface area contributed by atoms with Crippen molar-refractivity contribution in [1.82, 2.24) is 5.32 Å². The Bertz CT molecular complexity index is 325. The van der Waals surface area contributed by atoms with E-state index in [0.717, 1.165) is 5.92 Å². The van der Waals surface area contributed by atoms with E-state index in [0.29, 0.717) is 6.04 Å². The molecule has 1 aliphatic rings. The molecule has 1 saturated carbocycles. The van der Waals surface area contributed by atoms with Gasteiger partial charge in [-0.2, -0.15) is 0 Å². The van der Waals surface area contributed by atoms with Crippen LogP contribution in [0.5, 0.6) is 0 Å². The van der Waals surface area contributed by atoms with E-state index in [1.165, 1.54) is 55.4 Å². The molecular formula is C15H25NS. The predicted octanol–water partition coefficient (Wildman–Crippen LogP) is 4.68. The van der Waals surface area contributed by atoms with E-state index in [4.69, 9.17) is 0 Å². The van der Waals surface area contributed by atoms with Gasteiger partial charge in [0.15, 0.2) is 0 Å². The van der Waals surface area contributed by atoms with Crippen molar-refractivity contribution in [2.75, 3.05) is 7.05 Å². The van der Waals surface area contributed by atoms with Gasteiger partial charge in [0.2, 0.25) is 0 Å². The van der Waals surface area contributed by atoms with Crippen LogP contribution in [0, 0.1) is 12.8 Å². The average molecular weight is 251 g/mol. The minimum atomic E-state index is 0.572. The number of thiophene rings is 1. The standard InChI is InChI=1S/C15H25NS/c1-12-14(10-11-17-12)15(16-2)9-8-13-6-4-3-5-7-13/h10-11,13,15-16H,3-9H2,1-2H3. The monoisotopic (exact) mass is 251 g/mol. The third kappa shape index (κ3) is 3.56. The molecule has 1 heterocycles. The third-order valence-electron chi connectivity index (χ3n) is 4.21. The Hall–Kier alpha value is -0.340. The minimum absolute atomic E-state index is 0.572. The fraction of sp³-hybridized carbons (Fsp3) is 0.733. The van der Waals surface area contributed by atoms with E-state index in [1.807, 2.05) is 11.3 Å². The van der Waals surface area contributed by atoms with Crippen LogP contribution >= 0.6 is 11.3 Å². The molecule has 0 spiro atoms. The van der Waals surface area contributed by atoms with E-state index in [2.05, 4.69) is 30.7 Å². The van der Waals surface area contributed by atoms with Gasteiger partial charge < -0.3 is 5.32 Å². The zero-order valence-corrected chi connectivity index (χ0v) is 12.0. The van der Waals surface area contributed by atoms with Gasteiger partial charge in [-0.25, -0.2) is 0 Å². The van der Waals surface area contributed by atoms with Crippen LogP contribution in [0.4, 0.5) is 0 Å². The first-order valence-electron chi connectivity index (χ1n) is 7.02. The van der Waals surface area contributed by atoms with Crippen molar-refractivity contribution in [3.8, 4) is 0 Å². The van der Waals surface area contributed by atoms with Gasteiger partial charge in [-0.3, -0.25) is 0 Å². The molecule has 1 atom stereocenters. The predicted molar refractivity (Wildman–Crippen MR) is 76.7 cm³/mol. The first-order chi connectivity index (χ1) is 8.31. The molecule has 1 aromatic heterocycles. The van der Waals surface area contributed by atoms with Crippen LogP contribution in [0.3, 0.4) is 0 Å². The molecule has 0 bridgehead atoms. The highest BCUT2D eigenvalue weighted by molar-refractivity contribution is 7.10. The van der Waals surface area contributed by atoms with Crippen molar-refractivity contribution in [1.29, 1.82) is 0 Å². The second-order valence-corrected chi connectivity index (χ2v) is 6.48. The molecule has 1 aromatic rings. The SMILES string of the molecule is CNC(CCC1CCCCC1)c1ccsc1C. The molecule has 0 aromatic carbocycles. The molecule has 1 fully saturated rings. The molecule has 1 nitrogen and oxygen atoms in total. The molecule has 1 unspecified atom stereocenters. The van der Waals surface area contributed by atoms with E-state index in [-0.39, 0.29) is 0 Å². The minimum Gasteiger partial charge on any atom is -0.313 e. The summed E-state index contributed by atoms with van der Waals surface area (Å²) in [6, 6.07) is 2.87. The van der Waals surface area contributed by atoms with Crippen LogP contribution in [0.15, 0.2) is 11.4 Å². The maximum absolute atomic E-state index is 3.49. The summed E-state index contributed by atoms with van der Waals surface area (Å²) in [5, 5.41) is 5.71. The van der Waals surface area contributed by atoms with Gasteiger partial charge in [0.05, 0.1) is 0 Å². The number of rotatable bonds is 5. The van der Waals surface area contributed by atoms with Crippen molar-refractivity contribution in [2.24, 2.45) is 5.92 Å². The van der Waals surface area contributed by atoms with Gasteiger partial charge in [-0.1, -0.05) is 32.1 Å². The summed E-state index contributed by atoms with van der Waals surface area (Å²) in [4.78, 5) is 1.48. The zero-order chi connectivity index (χ0) is 12.1. The Morgan fingerprint density at radius 1 is 1.35 bits per heavy atom. The fourth-order valence-electron chi connectivity index (χ4n) is 3.09. The Morgan fingerprint density at radius 3 is 2.71 bits per heavy atom. The van der Waals surface area contributed by atoms with Crippen LogP contribution in [0.1, 0.15) is 61.4 Å². The highest BCUT2D eigenvalue weighted by Gasteiger charge is 2.17. The number of aryl methyl sites for hydroxylation is 1. The van der Waals surface area contributed by atoms with Gasteiger partial charge in [0.25, 0.3) is 0 Å². The van der Waals surface area contributed by atoms with E-state index in [1.54, 1.807) is 0 Å². The van der Waals surface area contributed by atoms with Crippen LogP contribution in [0.2, 0.25) is 0 Å². The summed E-state index contributed by atoms with van der Waals surface area (Å²) in [6.45, 7) is 2.24. The Morgan fingerprint density at radius 2 is 2.12 bits per heavy atom. The van der Waals surface area contributed by atoms with Crippen LogP contribution in [0.25, 0.3) is 0 Å².